The van der Waals surface area contributed by atoms with Crippen LogP contribution in [0.25, 0.3) is 0 Å². The van der Waals surface area contributed by atoms with Crippen molar-refractivity contribution in [2.45, 2.75) is 50.9 Å². The topological polar surface area (TPSA) is 54.3 Å². The van der Waals surface area contributed by atoms with Crippen LogP contribution < -0.4 is 10.9 Å². The summed E-state index contributed by atoms with van der Waals surface area (Å²) in [5.41, 5.74) is 8.69. The lowest BCUT2D eigenvalue weighted by Crippen LogP contribution is -2.47. The summed E-state index contributed by atoms with van der Waals surface area (Å²) in [5.74, 6) is 2.29. The number of piperidine rings is 1. The minimum atomic E-state index is 0.466. The Balaban J connectivity index is 1.44. The molecule has 3 heterocycles. The number of hydrogen-bond donors (Lipinski definition) is 2. The van der Waals surface area contributed by atoms with Crippen molar-refractivity contribution < 1.29 is 4.74 Å². The molecule has 0 aliphatic carbocycles. The number of nitrogens with zero attached hydrogens (tertiary/aromatic N) is 3. The number of imidazole rings is 1. The Morgan fingerprint density at radius 3 is 2.89 bits per heavy atom. The molecule has 6 nitrogen and oxygen atoms in total. The first kappa shape index (κ1) is 19.6. The Kier molecular flexibility index (Phi) is 6.42. The molecule has 6 heteroatoms. The van der Waals surface area contributed by atoms with E-state index in [4.69, 9.17) is 4.74 Å². The van der Waals surface area contributed by atoms with E-state index >= 15 is 0 Å². The van der Waals surface area contributed by atoms with E-state index in [-0.39, 0.29) is 0 Å². The molecule has 4 unspecified atom stereocenters. The van der Waals surface area contributed by atoms with Crippen molar-refractivity contribution in [1.82, 2.24) is 25.3 Å². The Hall–Kier alpha value is -1.73. The Bertz CT molecular complexity index is 734. The summed E-state index contributed by atoms with van der Waals surface area (Å²) in [5, 5.41) is 0. The summed E-state index contributed by atoms with van der Waals surface area (Å²) in [6.07, 6.45) is 6.29. The maximum Gasteiger partial charge on any atom is 0.122 e. The van der Waals surface area contributed by atoms with Crippen LogP contribution in [0.4, 0.5) is 0 Å². The first-order valence-electron chi connectivity index (χ1n) is 10.6. The van der Waals surface area contributed by atoms with Crippen LogP contribution >= 0.6 is 0 Å². The fraction of sp³-hybridized carbons (Fsp3) is 0.591. The molecule has 0 bridgehead atoms. The van der Waals surface area contributed by atoms with Crippen molar-refractivity contribution in [3.05, 3.63) is 54.1 Å². The Morgan fingerprint density at radius 2 is 2.11 bits per heavy atom. The maximum absolute atomic E-state index is 5.23. The van der Waals surface area contributed by atoms with E-state index in [9.17, 15) is 0 Å². The molecular weight excluding hydrogens is 350 g/mol. The predicted molar refractivity (Wildman–Crippen MR) is 111 cm³/mol. The molecule has 152 valence electrons. The molecule has 0 saturated carbocycles. The highest BCUT2D eigenvalue weighted by molar-refractivity contribution is 5.23. The van der Waals surface area contributed by atoms with Gasteiger partial charge in [0.1, 0.15) is 5.82 Å². The van der Waals surface area contributed by atoms with Crippen molar-refractivity contribution in [2.24, 2.45) is 5.92 Å². The SMILES string of the molecule is CCC(c1ccccc1)C1NNC2CCN(Cc3nccn3CCOC)CC21. The number of benzene rings is 1. The lowest BCUT2D eigenvalue weighted by Gasteiger charge is -2.38. The third-order valence-corrected chi connectivity index (χ3v) is 6.44. The second-order valence-corrected chi connectivity index (χ2v) is 8.06. The summed E-state index contributed by atoms with van der Waals surface area (Å²) in [6, 6.07) is 12.0. The summed E-state index contributed by atoms with van der Waals surface area (Å²) in [6.45, 7) is 7.02. The molecule has 0 radical (unpaired) electrons. The van der Waals surface area contributed by atoms with Gasteiger partial charge in [0.15, 0.2) is 0 Å². The lowest BCUT2D eigenvalue weighted by atomic mass is 9.78. The molecule has 2 aliphatic heterocycles. The van der Waals surface area contributed by atoms with Crippen molar-refractivity contribution in [3.8, 4) is 0 Å². The van der Waals surface area contributed by atoms with E-state index in [0.717, 1.165) is 45.0 Å². The Morgan fingerprint density at radius 1 is 1.25 bits per heavy atom. The zero-order chi connectivity index (χ0) is 19.3. The van der Waals surface area contributed by atoms with Gasteiger partial charge in [-0.2, -0.15) is 0 Å². The predicted octanol–water partition coefficient (Wildman–Crippen LogP) is 2.39. The second-order valence-electron chi connectivity index (χ2n) is 8.06. The fourth-order valence-corrected chi connectivity index (χ4v) is 4.93. The molecule has 4 atom stereocenters. The molecule has 1 aromatic heterocycles. The molecule has 0 spiro atoms. The van der Waals surface area contributed by atoms with Crippen molar-refractivity contribution in [1.29, 1.82) is 0 Å². The van der Waals surface area contributed by atoms with E-state index in [1.54, 1.807) is 7.11 Å². The average molecular weight is 384 g/mol. The van der Waals surface area contributed by atoms with Gasteiger partial charge >= 0.3 is 0 Å². The van der Waals surface area contributed by atoms with Gasteiger partial charge in [-0.3, -0.25) is 15.8 Å². The Labute approximate surface area is 168 Å². The van der Waals surface area contributed by atoms with Crippen molar-refractivity contribution in [2.75, 3.05) is 26.8 Å². The molecule has 1 aromatic carbocycles. The number of hydrogen-bond acceptors (Lipinski definition) is 5. The summed E-state index contributed by atoms with van der Waals surface area (Å²) in [4.78, 5) is 7.18. The van der Waals surface area contributed by atoms with E-state index in [1.165, 1.54) is 12.0 Å². The molecule has 2 aliphatic rings. The highest BCUT2D eigenvalue weighted by atomic mass is 16.5. The summed E-state index contributed by atoms with van der Waals surface area (Å²) in [7, 11) is 1.75. The highest BCUT2D eigenvalue weighted by Gasteiger charge is 2.43. The van der Waals surface area contributed by atoms with E-state index in [0.29, 0.717) is 23.9 Å². The number of nitrogens with one attached hydrogen (secondary N) is 2. The molecule has 0 amide bonds. The fourth-order valence-electron chi connectivity index (χ4n) is 4.93. The number of fused-ring (bicyclic) bond motifs is 1. The van der Waals surface area contributed by atoms with Crippen LogP contribution in [-0.4, -0.2) is 53.3 Å². The molecule has 4 rings (SSSR count). The van der Waals surface area contributed by atoms with Gasteiger partial charge in [0.05, 0.1) is 13.2 Å². The van der Waals surface area contributed by atoms with Crippen LogP contribution in [0.3, 0.4) is 0 Å². The molecule has 28 heavy (non-hydrogen) atoms. The third kappa shape index (κ3) is 4.15. The van der Waals surface area contributed by atoms with E-state index in [1.807, 2.05) is 6.20 Å². The standard InChI is InChI=1S/C22H33N5O/c1-3-18(17-7-5-4-6-8-17)22-19-15-26(11-9-20(19)24-25-22)16-21-23-10-12-27(21)13-14-28-2/h4-8,10,12,18-20,22,24-25H,3,9,11,13-16H2,1-2H3. The summed E-state index contributed by atoms with van der Waals surface area (Å²) < 4.78 is 7.45. The molecule has 2 fully saturated rings. The molecule has 2 aromatic rings. The quantitative estimate of drug-likeness (QED) is 0.733. The molecule has 2 saturated heterocycles. The van der Waals surface area contributed by atoms with Crippen LogP contribution in [0.2, 0.25) is 0 Å². The van der Waals surface area contributed by atoms with Gasteiger partial charge in [-0.05, 0) is 18.4 Å². The van der Waals surface area contributed by atoms with Crippen LogP contribution in [0.1, 0.15) is 37.1 Å². The van der Waals surface area contributed by atoms with Gasteiger partial charge in [0.2, 0.25) is 0 Å². The second kappa shape index (κ2) is 9.18. The number of rotatable bonds is 8. The first-order valence-corrected chi connectivity index (χ1v) is 10.6. The highest BCUT2D eigenvalue weighted by Crippen LogP contribution is 2.35. The third-order valence-electron chi connectivity index (χ3n) is 6.44. The summed E-state index contributed by atoms with van der Waals surface area (Å²) >= 11 is 0. The van der Waals surface area contributed by atoms with Crippen LogP contribution in [0.15, 0.2) is 42.7 Å². The van der Waals surface area contributed by atoms with E-state index in [2.05, 4.69) is 68.8 Å². The average Bonchev–Trinajstić information content (AvgIpc) is 3.35. The largest absolute Gasteiger partial charge is 0.383 e. The van der Waals surface area contributed by atoms with Crippen LogP contribution in [0, 0.1) is 5.92 Å². The van der Waals surface area contributed by atoms with E-state index < -0.39 is 0 Å². The van der Waals surface area contributed by atoms with Gasteiger partial charge < -0.3 is 9.30 Å². The molecule has 2 N–H and O–H groups in total. The van der Waals surface area contributed by atoms with Crippen LogP contribution in [0.5, 0.6) is 0 Å². The van der Waals surface area contributed by atoms with Crippen LogP contribution in [-0.2, 0) is 17.8 Å². The van der Waals surface area contributed by atoms with Gasteiger partial charge in [0.25, 0.3) is 0 Å². The zero-order valence-corrected chi connectivity index (χ0v) is 17.1. The number of aromatic nitrogens is 2. The van der Waals surface area contributed by atoms with Crippen molar-refractivity contribution in [3.63, 3.8) is 0 Å². The lowest BCUT2D eigenvalue weighted by molar-refractivity contribution is 0.136. The maximum atomic E-state index is 5.23. The van der Waals surface area contributed by atoms with Gasteiger partial charge in [-0.1, -0.05) is 37.3 Å². The molecular formula is C22H33N5O. The number of ether oxygens (including phenoxy) is 1. The van der Waals surface area contributed by atoms with Gasteiger partial charge in [0, 0.05) is 63.1 Å². The monoisotopic (exact) mass is 383 g/mol. The number of hydrazine groups is 1. The normalized spacial score (nSPS) is 26.3. The smallest absolute Gasteiger partial charge is 0.122 e. The minimum absolute atomic E-state index is 0.466. The van der Waals surface area contributed by atoms with Gasteiger partial charge in [-0.15, -0.1) is 0 Å². The zero-order valence-electron chi connectivity index (χ0n) is 17.1. The number of likely N-dealkylation sites (tertiary alicyclic amines) is 1. The first-order chi connectivity index (χ1) is 13.8. The van der Waals surface area contributed by atoms with Gasteiger partial charge in [-0.25, -0.2) is 4.98 Å². The number of methoxy groups -OCH3 is 1. The minimum Gasteiger partial charge on any atom is -0.383 e. The van der Waals surface area contributed by atoms with Crippen molar-refractivity contribution >= 4 is 0 Å².